The number of pyridine rings is 2. The van der Waals surface area contributed by atoms with Crippen LogP contribution in [0.25, 0.3) is 75.7 Å². The smallest absolute Gasteiger partial charge is 0.0780 e. The van der Waals surface area contributed by atoms with E-state index < -0.39 is 0 Å². The van der Waals surface area contributed by atoms with Crippen LogP contribution >= 0.6 is 11.3 Å². The van der Waals surface area contributed by atoms with Gasteiger partial charge in [-0.25, -0.2) is 0 Å². The first-order valence-electron chi connectivity index (χ1n) is 15.1. The van der Waals surface area contributed by atoms with Gasteiger partial charge in [-0.2, -0.15) is 0 Å². The van der Waals surface area contributed by atoms with Crippen LogP contribution < -0.4 is 0 Å². The predicted molar refractivity (Wildman–Crippen MR) is 186 cm³/mol. The minimum atomic E-state index is -0.222. The molecule has 2 nitrogen and oxygen atoms in total. The second-order valence-electron chi connectivity index (χ2n) is 12.2. The number of rotatable bonds is 2. The Labute approximate surface area is 260 Å². The van der Waals surface area contributed by atoms with E-state index in [0.717, 1.165) is 22.5 Å². The van der Waals surface area contributed by atoms with Gasteiger partial charge in [-0.1, -0.05) is 105 Å². The summed E-state index contributed by atoms with van der Waals surface area (Å²) in [6, 6.07) is 44.1. The largest absolute Gasteiger partial charge is 0.256 e. The maximum absolute atomic E-state index is 4.90. The normalized spacial score (nSPS) is 13.4. The lowest BCUT2D eigenvalue weighted by molar-refractivity contribution is 0.646. The van der Waals surface area contributed by atoms with E-state index in [1.165, 1.54) is 64.3 Å². The topological polar surface area (TPSA) is 25.8 Å². The Morgan fingerprint density at radius 1 is 0.523 bits per heavy atom. The summed E-state index contributed by atoms with van der Waals surface area (Å²) >= 11 is 1.90. The maximum atomic E-state index is 4.90. The summed E-state index contributed by atoms with van der Waals surface area (Å²) < 4.78 is 1.30. The van der Waals surface area contributed by atoms with Crippen molar-refractivity contribution in [2.75, 3.05) is 0 Å². The van der Waals surface area contributed by atoms with Crippen molar-refractivity contribution in [3.63, 3.8) is 0 Å². The summed E-state index contributed by atoms with van der Waals surface area (Å²) in [4.78, 5) is 11.1. The fourth-order valence-corrected chi connectivity index (χ4v) is 8.46. The van der Waals surface area contributed by atoms with Crippen molar-refractivity contribution in [3.8, 4) is 44.1 Å². The lowest BCUT2D eigenvalue weighted by Crippen LogP contribution is -2.20. The molecule has 1 aliphatic carbocycles. The molecule has 44 heavy (non-hydrogen) atoms. The average Bonchev–Trinajstić information content (AvgIpc) is 3.44. The highest BCUT2D eigenvalue weighted by Crippen LogP contribution is 2.55. The van der Waals surface area contributed by atoms with E-state index in [1.807, 2.05) is 23.7 Å². The van der Waals surface area contributed by atoms with Crippen molar-refractivity contribution in [3.05, 3.63) is 145 Å². The molecule has 0 fully saturated rings. The van der Waals surface area contributed by atoms with Crippen molar-refractivity contribution in [2.24, 2.45) is 0 Å². The minimum absolute atomic E-state index is 0.222. The van der Waals surface area contributed by atoms with Crippen molar-refractivity contribution in [1.29, 1.82) is 0 Å². The van der Waals surface area contributed by atoms with Gasteiger partial charge in [0.1, 0.15) is 0 Å². The molecule has 3 heterocycles. The second kappa shape index (κ2) is 9.44. The van der Waals surface area contributed by atoms with E-state index in [-0.39, 0.29) is 5.41 Å². The van der Waals surface area contributed by atoms with Crippen molar-refractivity contribution >= 4 is 43.0 Å². The van der Waals surface area contributed by atoms with E-state index in [2.05, 4.69) is 135 Å². The van der Waals surface area contributed by atoms with E-state index in [9.17, 15) is 0 Å². The van der Waals surface area contributed by atoms with E-state index in [4.69, 9.17) is 9.97 Å². The zero-order valence-electron chi connectivity index (χ0n) is 24.5. The lowest BCUT2D eigenvalue weighted by Gasteiger charge is -2.29. The van der Waals surface area contributed by atoms with Gasteiger partial charge in [0.2, 0.25) is 0 Å². The number of nitrogens with zero attached hydrogens (tertiary/aromatic N) is 2. The molecule has 0 saturated heterocycles. The van der Waals surface area contributed by atoms with Crippen LogP contribution in [0.2, 0.25) is 0 Å². The Morgan fingerprint density at radius 2 is 1.05 bits per heavy atom. The van der Waals surface area contributed by atoms with Crippen molar-refractivity contribution in [2.45, 2.75) is 19.3 Å². The molecular formula is C41H28N2S. The molecule has 0 unspecified atom stereocenters. The van der Waals surface area contributed by atoms with Gasteiger partial charge in [-0.3, -0.25) is 9.97 Å². The first kappa shape index (κ1) is 25.4. The highest BCUT2D eigenvalue weighted by atomic mass is 32.1. The van der Waals surface area contributed by atoms with Gasteiger partial charge < -0.3 is 0 Å². The zero-order valence-corrected chi connectivity index (χ0v) is 25.3. The predicted octanol–water partition coefficient (Wildman–Crippen LogP) is 11.3. The zero-order chi connectivity index (χ0) is 29.4. The third-order valence-electron chi connectivity index (χ3n) is 9.39. The molecule has 0 spiro atoms. The molecule has 3 aromatic heterocycles. The number of benzene rings is 5. The van der Waals surface area contributed by atoms with Crippen LogP contribution in [0.3, 0.4) is 0 Å². The molecule has 1 aliphatic rings. The maximum Gasteiger partial charge on any atom is 0.0780 e. The first-order valence-corrected chi connectivity index (χ1v) is 15.9. The summed E-state index contributed by atoms with van der Waals surface area (Å²) in [5.41, 5.74) is 10.7. The highest BCUT2D eigenvalue weighted by molar-refractivity contribution is 7.23. The molecule has 0 atom stereocenters. The van der Waals surface area contributed by atoms with Gasteiger partial charge >= 0.3 is 0 Å². The first-order chi connectivity index (χ1) is 21.6. The van der Waals surface area contributed by atoms with Gasteiger partial charge in [-0.05, 0) is 63.4 Å². The van der Waals surface area contributed by atoms with Crippen LogP contribution in [-0.4, -0.2) is 9.97 Å². The molecule has 0 aliphatic heterocycles. The van der Waals surface area contributed by atoms with Crippen molar-refractivity contribution < 1.29 is 0 Å². The van der Waals surface area contributed by atoms with Gasteiger partial charge in [0.25, 0.3) is 0 Å². The number of thiophene rings is 1. The number of hydrogen-bond acceptors (Lipinski definition) is 3. The van der Waals surface area contributed by atoms with Crippen LogP contribution in [0, 0.1) is 0 Å². The molecule has 208 valence electrons. The van der Waals surface area contributed by atoms with Crippen LogP contribution in [0.1, 0.15) is 25.0 Å². The molecule has 3 heteroatoms. The fourth-order valence-electron chi connectivity index (χ4n) is 7.21. The molecule has 8 aromatic rings. The molecule has 0 amide bonds. The van der Waals surface area contributed by atoms with Gasteiger partial charge in [0.05, 0.1) is 11.4 Å². The molecule has 5 aromatic carbocycles. The summed E-state index contributed by atoms with van der Waals surface area (Å²) in [5, 5.41) is 6.06. The molecule has 0 bridgehead atoms. The Bertz CT molecular complexity index is 2420. The quantitative estimate of drug-likeness (QED) is 0.203. The third kappa shape index (κ3) is 3.66. The third-order valence-corrected chi connectivity index (χ3v) is 10.6. The van der Waals surface area contributed by atoms with Crippen LogP contribution in [0.15, 0.2) is 134 Å². The standard InChI is InChI=1S/C41H28N2S/c1-41(2)34-17-15-27(38-29-11-5-3-9-25(29)19-21-42-38)23-32(34)37-31-13-7-8-14-36(31)44-40(37)33-24-28(16-18-35(33)41)39-30-12-6-4-10-26(30)20-22-43-39/h3-24H,1-2H3. The molecule has 0 saturated carbocycles. The minimum Gasteiger partial charge on any atom is -0.256 e. The Kier molecular flexibility index (Phi) is 5.45. The van der Waals surface area contributed by atoms with Crippen LogP contribution in [0.4, 0.5) is 0 Å². The monoisotopic (exact) mass is 580 g/mol. The summed E-state index contributed by atoms with van der Waals surface area (Å²) in [7, 11) is 0. The van der Waals surface area contributed by atoms with Crippen molar-refractivity contribution in [1.82, 2.24) is 9.97 Å². The summed E-state index contributed by atoms with van der Waals surface area (Å²) in [5.74, 6) is 0. The van der Waals surface area contributed by atoms with E-state index in [1.54, 1.807) is 0 Å². The molecular weight excluding hydrogens is 553 g/mol. The van der Waals surface area contributed by atoms with Gasteiger partial charge in [0.15, 0.2) is 0 Å². The lowest BCUT2D eigenvalue weighted by atomic mass is 9.74. The number of aromatic nitrogens is 2. The Hall–Kier alpha value is -5.12. The molecule has 9 rings (SSSR count). The molecule has 0 N–H and O–H groups in total. The summed E-state index contributed by atoms with van der Waals surface area (Å²) in [6.07, 6.45) is 3.86. The SMILES string of the molecule is CC1(C)c2ccc(-c3nccc4ccccc34)cc2-c2sc3ccccc3c2-c2cc(-c3nccc4ccccc34)ccc21. The average molecular weight is 581 g/mol. The van der Waals surface area contributed by atoms with E-state index in [0.29, 0.717) is 0 Å². The Balaban J connectivity index is 1.35. The molecule has 0 radical (unpaired) electrons. The second-order valence-corrected chi connectivity index (χ2v) is 13.3. The van der Waals surface area contributed by atoms with Crippen LogP contribution in [0.5, 0.6) is 0 Å². The Morgan fingerprint density at radius 3 is 1.68 bits per heavy atom. The fraction of sp³-hybridized carbons (Fsp3) is 0.0732. The number of hydrogen-bond donors (Lipinski definition) is 0. The highest BCUT2D eigenvalue weighted by Gasteiger charge is 2.35. The number of fused-ring (bicyclic) bond motifs is 9. The van der Waals surface area contributed by atoms with E-state index >= 15 is 0 Å². The van der Waals surface area contributed by atoms with Gasteiger partial charge in [0, 0.05) is 60.2 Å². The van der Waals surface area contributed by atoms with Crippen LogP contribution in [-0.2, 0) is 5.41 Å². The summed E-state index contributed by atoms with van der Waals surface area (Å²) in [6.45, 7) is 4.74. The van der Waals surface area contributed by atoms with Gasteiger partial charge in [-0.15, -0.1) is 11.3 Å².